The van der Waals surface area contributed by atoms with Gasteiger partial charge >= 0.3 is 0 Å². The van der Waals surface area contributed by atoms with E-state index in [1.54, 1.807) is 0 Å². The van der Waals surface area contributed by atoms with Crippen molar-refractivity contribution in [2.45, 2.75) is 0 Å². The van der Waals surface area contributed by atoms with E-state index in [1.807, 2.05) is 78.9 Å². The minimum absolute atomic E-state index is 0.618. The van der Waals surface area contributed by atoms with Crippen LogP contribution in [-0.4, -0.2) is 15.0 Å². The molecule has 0 spiro atoms. The summed E-state index contributed by atoms with van der Waals surface area (Å²) in [5.41, 5.74) is 12.0. The Labute approximate surface area is 347 Å². The fourth-order valence-corrected chi connectivity index (χ4v) is 8.30. The normalized spacial score (nSPS) is 11.3. The summed E-state index contributed by atoms with van der Waals surface area (Å²) in [7, 11) is 0. The lowest BCUT2D eigenvalue weighted by Gasteiger charge is -2.26. The number of anilines is 3. The Balaban J connectivity index is 1.13. The van der Waals surface area contributed by atoms with Gasteiger partial charge in [-0.15, -0.1) is 0 Å². The Bertz CT molecular complexity index is 3240. The zero-order valence-corrected chi connectivity index (χ0v) is 32.5. The van der Waals surface area contributed by atoms with Crippen molar-refractivity contribution in [1.29, 1.82) is 0 Å². The Kier molecular flexibility index (Phi) is 8.75. The van der Waals surface area contributed by atoms with Crippen molar-refractivity contribution in [2.75, 3.05) is 4.90 Å². The maximum atomic E-state index is 6.72. The van der Waals surface area contributed by atoms with Crippen LogP contribution in [-0.2, 0) is 0 Å². The van der Waals surface area contributed by atoms with Crippen LogP contribution in [0.1, 0.15) is 0 Å². The number of hydrogen-bond donors (Lipinski definition) is 0. The molecule has 0 atom stereocenters. The first-order chi connectivity index (χ1) is 29.7. The molecule has 0 aliphatic rings. The third kappa shape index (κ3) is 6.35. The maximum absolute atomic E-state index is 6.72. The standard InChI is InChI=1S/C55H36N4O/c1-5-17-37(18-6-1)38-29-31-42(32-30-38)59(41-23-11-4-12-24-41)43-35-49(52-48-27-15-16-28-50(48)60-51(52)36-43)46-33-34-47(45-26-14-13-25-44(45)46)55-57-53(39-19-7-2-8-20-39)56-54(58-55)40-21-9-3-10-22-40/h1-36H. The van der Waals surface area contributed by atoms with Gasteiger partial charge in [0.05, 0.1) is 5.69 Å². The summed E-state index contributed by atoms with van der Waals surface area (Å²) in [6.07, 6.45) is 0. The molecule has 5 heteroatoms. The fourth-order valence-electron chi connectivity index (χ4n) is 8.30. The van der Waals surface area contributed by atoms with E-state index < -0.39 is 0 Å². The minimum atomic E-state index is 0.618. The number of benzene rings is 9. The zero-order chi connectivity index (χ0) is 39.8. The van der Waals surface area contributed by atoms with Crippen LogP contribution in [0.4, 0.5) is 17.1 Å². The van der Waals surface area contributed by atoms with Crippen molar-refractivity contribution >= 4 is 49.8 Å². The van der Waals surface area contributed by atoms with Gasteiger partial charge in [-0.1, -0.05) is 170 Å². The summed E-state index contributed by atoms with van der Waals surface area (Å²) >= 11 is 0. The zero-order valence-electron chi connectivity index (χ0n) is 32.5. The lowest BCUT2D eigenvalue weighted by Crippen LogP contribution is -2.10. The van der Waals surface area contributed by atoms with Crippen molar-refractivity contribution in [2.24, 2.45) is 0 Å². The maximum Gasteiger partial charge on any atom is 0.164 e. The average molecular weight is 769 g/mol. The molecule has 0 unspecified atom stereocenters. The van der Waals surface area contributed by atoms with Crippen molar-refractivity contribution in [3.8, 4) is 56.4 Å². The summed E-state index contributed by atoms with van der Waals surface area (Å²) in [6, 6.07) is 75.8. The second-order valence-electron chi connectivity index (χ2n) is 14.8. The topological polar surface area (TPSA) is 55.1 Å². The molecule has 0 saturated carbocycles. The molecule has 2 aromatic heterocycles. The average Bonchev–Trinajstić information content (AvgIpc) is 3.71. The molecule has 11 aromatic rings. The highest BCUT2D eigenvalue weighted by Crippen LogP contribution is 2.46. The Morgan fingerprint density at radius 2 is 0.767 bits per heavy atom. The van der Waals surface area contributed by atoms with Crippen LogP contribution in [0.2, 0.25) is 0 Å². The minimum Gasteiger partial charge on any atom is -0.456 e. The van der Waals surface area contributed by atoms with Crippen LogP contribution in [0, 0.1) is 0 Å². The van der Waals surface area contributed by atoms with Gasteiger partial charge in [0.1, 0.15) is 11.2 Å². The van der Waals surface area contributed by atoms with E-state index in [0.29, 0.717) is 17.5 Å². The summed E-state index contributed by atoms with van der Waals surface area (Å²) in [5, 5.41) is 4.26. The predicted octanol–water partition coefficient (Wildman–Crippen LogP) is 14.7. The second kappa shape index (κ2) is 15.0. The summed E-state index contributed by atoms with van der Waals surface area (Å²) in [5.74, 6) is 1.88. The molecule has 11 rings (SSSR count). The predicted molar refractivity (Wildman–Crippen MR) is 246 cm³/mol. The lowest BCUT2D eigenvalue weighted by atomic mass is 9.91. The number of rotatable bonds is 8. The molecule has 60 heavy (non-hydrogen) atoms. The lowest BCUT2D eigenvalue weighted by molar-refractivity contribution is 0.669. The third-order valence-electron chi connectivity index (χ3n) is 11.1. The molecule has 0 amide bonds. The van der Waals surface area contributed by atoms with Crippen molar-refractivity contribution in [3.63, 3.8) is 0 Å². The van der Waals surface area contributed by atoms with Crippen molar-refractivity contribution in [3.05, 3.63) is 218 Å². The van der Waals surface area contributed by atoms with E-state index in [4.69, 9.17) is 19.4 Å². The highest BCUT2D eigenvalue weighted by atomic mass is 16.3. The molecule has 2 heterocycles. The van der Waals surface area contributed by atoms with Crippen LogP contribution in [0.25, 0.3) is 89.1 Å². The van der Waals surface area contributed by atoms with E-state index >= 15 is 0 Å². The molecular weight excluding hydrogens is 733 g/mol. The van der Waals surface area contributed by atoms with Gasteiger partial charge in [-0.3, -0.25) is 0 Å². The number of para-hydroxylation sites is 2. The SMILES string of the molecule is c1ccc(-c2ccc(N(c3ccccc3)c3cc(-c4ccc(-c5nc(-c6ccccc6)nc(-c6ccccc6)n5)c5ccccc45)c4c(c3)oc3ccccc34)cc2)cc1. The number of hydrogen-bond acceptors (Lipinski definition) is 5. The first-order valence-corrected chi connectivity index (χ1v) is 20.1. The largest absolute Gasteiger partial charge is 0.456 e. The Morgan fingerprint density at radius 1 is 0.300 bits per heavy atom. The smallest absolute Gasteiger partial charge is 0.164 e. The molecule has 0 radical (unpaired) electrons. The third-order valence-corrected chi connectivity index (χ3v) is 11.1. The molecule has 0 aliphatic carbocycles. The van der Waals surface area contributed by atoms with Gasteiger partial charge in [-0.25, -0.2) is 15.0 Å². The monoisotopic (exact) mass is 768 g/mol. The summed E-state index contributed by atoms with van der Waals surface area (Å²) < 4.78 is 6.72. The van der Waals surface area contributed by atoms with E-state index in [2.05, 4.69) is 144 Å². The molecule has 0 bridgehead atoms. The van der Waals surface area contributed by atoms with Gasteiger partial charge in [0, 0.05) is 44.9 Å². The van der Waals surface area contributed by atoms with Crippen LogP contribution in [0.15, 0.2) is 223 Å². The Morgan fingerprint density at radius 3 is 1.40 bits per heavy atom. The van der Waals surface area contributed by atoms with E-state index in [9.17, 15) is 0 Å². The number of nitrogens with zero attached hydrogens (tertiary/aromatic N) is 4. The fraction of sp³-hybridized carbons (Fsp3) is 0. The molecule has 0 N–H and O–H groups in total. The molecule has 282 valence electrons. The Hall–Kier alpha value is -8.15. The van der Waals surface area contributed by atoms with Gasteiger partial charge in [0.15, 0.2) is 17.5 Å². The first kappa shape index (κ1) is 35.0. The molecule has 0 fully saturated rings. The molecule has 0 aliphatic heterocycles. The number of fused-ring (bicyclic) bond motifs is 4. The summed E-state index contributed by atoms with van der Waals surface area (Å²) in [4.78, 5) is 17.5. The van der Waals surface area contributed by atoms with Crippen molar-refractivity contribution < 1.29 is 4.42 Å². The summed E-state index contributed by atoms with van der Waals surface area (Å²) in [6.45, 7) is 0. The van der Waals surface area contributed by atoms with Gasteiger partial charge in [0.25, 0.3) is 0 Å². The highest BCUT2D eigenvalue weighted by Gasteiger charge is 2.22. The molecule has 5 nitrogen and oxygen atoms in total. The van der Waals surface area contributed by atoms with Gasteiger partial charge in [-0.05, 0) is 75.5 Å². The van der Waals surface area contributed by atoms with E-state index in [-0.39, 0.29) is 0 Å². The van der Waals surface area contributed by atoms with Crippen LogP contribution in [0.5, 0.6) is 0 Å². The van der Waals surface area contributed by atoms with Gasteiger partial charge in [0.2, 0.25) is 0 Å². The van der Waals surface area contributed by atoms with Crippen LogP contribution in [0.3, 0.4) is 0 Å². The highest BCUT2D eigenvalue weighted by molar-refractivity contribution is 6.17. The van der Waals surface area contributed by atoms with Crippen LogP contribution < -0.4 is 4.90 Å². The molecule has 9 aromatic carbocycles. The first-order valence-electron chi connectivity index (χ1n) is 20.1. The van der Waals surface area contributed by atoms with E-state index in [1.165, 1.54) is 5.56 Å². The van der Waals surface area contributed by atoms with Crippen molar-refractivity contribution in [1.82, 2.24) is 15.0 Å². The van der Waals surface area contributed by atoms with Gasteiger partial charge in [-0.2, -0.15) is 0 Å². The van der Waals surface area contributed by atoms with Crippen LogP contribution >= 0.6 is 0 Å². The molecular formula is C55H36N4O. The van der Waals surface area contributed by atoms with Gasteiger partial charge < -0.3 is 9.32 Å². The quantitative estimate of drug-likeness (QED) is 0.154. The van der Waals surface area contributed by atoms with E-state index in [0.717, 1.165) is 83.2 Å². The molecule has 0 saturated heterocycles. The number of aromatic nitrogens is 3. The number of furan rings is 1. The second-order valence-corrected chi connectivity index (χ2v) is 14.8.